The molecule has 1 aliphatic rings. The normalized spacial score (nSPS) is 14.5. The molecule has 0 unspecified atom stereocenters. The van der Waals surface area contributed by atoms with Crippen molar-refractivity contribution in [1.82, 2.24) is 20.2 Å². The first-order chi connectivity index (χ1) is 13.1. The van der Waals surface area contributed by atoms with Gasteiger partial charge in [0.1, 0.15) is 5.69 Å². The van der Waals surface area contributed by atoms with Crippen molar-refractivity contribution >= 4 is 17.5 Å². The predicted octanol–water partition coefficient (Wildman–Crippen LogP) is 1.48. The highest BCUT2D eigenvalue weighted by Gasteiger charge is 2.20. The molecule has 1 aromatic heterocycles. The fourth-order valence-electron chi connectivity index (χ4n) is 3.12. The largest absolute Gasteiger partial charge is 0.368 e. The zero-order valence-electron chi connectivity index (χ0n) is 16.1. The number of carbonyl (C=O) groups is 1. The predicted molar refractivity (Wildman–Crippen MR) is 108 cm³/mol. The summed E-state index contributed by atoms with van der Waals surface area (Å²) in [5.41, 5.74) is 1.67. The quantitative estimate of drug-likeness (QED) is 0.747. The summed E-state index contributed by atoms with van der Waals surface area (Å²) in [5.74, 6) is 0.490. The van der Waals surface area contributed by atoms with Gasteiger partial charge in [-0.15, -0.1) is 0 Å². The van der Waals surface area contributed by atoms with Gasteiger partial charge in [0.25, 0.3) is 5.91 Å². The Morgan fingerprint density at radius 2 is 1.78 bits per heavy atom. The van der Waals surface area contributed by atoms with Crippen molar-refractivity contribution in [2.75, 3.05) is 63.2 Å². The van der Waals surface area contributed by atoms with Crippen molar-refractivity contribution in [2.24, 2.45) is 0 Å². The number of carbonyl (C=O) groups excluding carboxylic acids is 1. The summed E-state index contributed by atoms with van der Waals surface area (Å²) in [6, 6.07) is 12.1. The number of aromatic nitrogens is 2. The van der Waals surface area contributed by atoms with Crippen LogP contribution in [0.2, 0.25) is 0 Å². The molecule has 1 saturated heterocycles. The Morgan fingerprint density at radius 3 is 2.48 bits per heavy atom. The molecule has 0 bridgehead atoms. The van der Waals surface area contributed by atoms with Crippen molar-refractivity contribution in [3.05, 3.63) is 48.3 Å². The minimum Gasteiger partial charge on any atom is -0.368 e. The summed E-state index contributed by atoms with van der Waals surface area (Å²) in [4.78, 5) is 27.8. The topological polar surface area (TPSA) is 64.6 Å². The van der Waals surface area contributed by atoms with Crippen LogP contribution in [0.15, 0.2) is 42.6 Å². The standard InChI is InChI=1S/C20H28N6O/c1-24(2)12-6-10-21-19(27)18-9-11-22-20(23-18)26-15-13-25(14-16-26)17-7-4-3-5-8-17/h3-5,7-9,11H,6,10,12-16H2,1-2H3,(H,21,27). The average Bonchev–Trinajstić information content (AvgIpc) is 2.72. The van der Waals surface area contributed by atoms with E-state index in [9.17, 15) is 4.79 Å². The Labute approximate surface area is 161 Å². The molecule has 0 saturated carbocycles. The Bertz CT molecular complexity index is 728. The Hall–Kier alpha value is -2.67. The average molecular weight is 368 g/mol. The SMILES string of the molecule is CN(C)CCCNC(=O)c1ccnc(N2CCN(c3ccccc3)CC2)n1. The number of rotatable bonds is 7. The van der Waals surface area contributed by atoms with Gasteiger partial charge in [-0.05, 0) is 45.3 Å². The van der Waals surface area contributed by atoms with Gasteiger partial charge in [0.05, 0.1) is 0 Å². The van der Waals surface area contributed by atoms with Crippen LogP contribution >= 0.6 is 0 Å². The molecule has 1 aliphatic heterocycles. The number of amides is 1. The summed E-state index contributed by atoms with van der Waals surface area (Å²) >= 11 is 0. The van der Waals surface area contributed by atoms with Crippen LogP contribution in [-0.2, 0) is 0 Å². The first-order valence-electron chi connectivity index (χ1n) is 9.44. The second-order valence-electron chi connectivity index (χ2n) is 6.96. The third kappa shape index (κ3) is 5.40. The van der Waals surface area contributed by atoms with Crippen molar-refractivity contribution < 1.29 is 4.79 Å². The van der Waals surface area contributed by atoms with Gasteiger partial charge in [-0.25, -0.2) is 9.97 Å². The van der Waals surface area contributed by atoms with Crippen LogP contribution < -0.4 is 15.1 Å². The lowest BCUT2D eigenvalue weighted by molar-refractivity contribution is 0.0947. The highest BCUT2D eigenvalue weighted by atomic mass is 16.1. The third-order valence-corrected chi connectivity index (χ3v) is 4.63. The Morgan fingerprint density at radius 1 is 1.07 bits per heavy atom. The minimum atomic E-state index is -0.139. The van der Waals surface area contributed by atoms with Gasteiger partial charge in [0.2, 0.25) is 5.95 Å². The number of hydrogen-bond acceptors (Lipinski definition) is 6. The van der Waals surface area contributed by atoms with Crippen LogP contribution in [0.25, 0.3) is 0 Å². The smallest absolute Gasteiger partial charge is 0.270 e. The lowest BCUT2D eigenvalue weighted by Crippen LogP contribution is -2.47. The van der Waals surface area contributed by atoms with Gasteiger partial charge in [0.15, 0.2) is 0 Å². The third-order valence-electron chi connectivity index (χ3n) is 4.63. The summed E-state index contributed by atoms with van der Waals surface area (Å²) in [6.07, 6.45) is 2.58. The summed E-state index contributed by atoms with van der Waals surface area (Å²) in [6.45, 7) is 5.08. The molecular weight excluding hydrogens is 340 g/mol. The van der Waals surface area contributed by atoms with E-state index in [1.807, 2.05) is 20.2 Å². The van der Waals surface area contributed by atoms with E-state index in [0.29, 0.717) is 18.2 Å². The van der Waals surface area contributed by atoms with Crippen molar-refractivity contribution in [3.8, 4) is 0 Å². The molecule has 0 atom stereocenters. The van der Waals surface area contributed by atoms with Crippen molar-refractivity contribution in [2.45, 2.75) is 6.42 Å². The van der Waals surface area contributed by atoms with E-state index < -0.39 is 0 Å². The molecule has 0 aliphatic carbocycles. The van der Waals surface area contributed by atoms with Crippen LogP contribution in [0.5, 0.6) is 0 Å². The maximum Gasteiger partial charge on any atom is 0.270 e. The highest BCUT2D eigenvalue weighted by Crippen LogP contribution is 2.17. The molecule has 1 fully saturated rings. The summed E-state index contributed by atoms with van der Waals surface area (Å²) < 4.78 is 0. The highest BCUT2D eigenvalue weighted by molar-refractivity contribution is 5.92. The van der Waals surface area contributed by atoms with E-state index in [-0.39, 0.29) is 5.91 Å². The minimum absolute atomic E-state index is 0.139. The molecule has 0 radical (unpaired) electrons. The Kier molecular flexibility index (Phi) is 6.59. The molecule has 7 nitrogen and oxygen atoms in total. The van der Waals surface area contributed by atoms with Gasteiger partial charge in [0, 0.05) is 44.6 Å². The van der Waals surface area contributed by atoms with E-state index in [1.54, 1.807) is 12.3 Å². The van der Waals surface area contributed by atoms with Crippen LogP contribution in [-0.4, -0.2) is 74.1 Å². The van der Waals surface area contributed by atoms with Crippen LogP contribution in [0.4, 0.5) is 11.6 Å². The molecule has 3 rings (SSSR count). The fourth-order valence-corrected chi connectivity index (χ4v) is 3.12. The fraction of sp³-hybridized carbons (Fsp3) is 0.450. The lowest BCUT2D eigenvalue weighted by atomic mass is 10.2. The van der Waals surface area contributed by atoms with E-state index in [0.717, 1.165) is 39.1 Å². The molecule has 1 N–H and O–H groups in total. The summed E-state index contributed by atoms with van der Waals surface area (Å²) in [5, 5.41) is 2.93. The monoisotopic (exact) mass is 368 g/mol. The van der Waals surface area contributed by atoms with Crippen molar-refractivity contribution in [3.63, 3.8) is 0 Å². The number of benzene rings is 1. The lowest BCUT2D eigenvalue weighted by Gasteiger charge is -2.36. The molecule has 2 heterocycles. The van der Waals surface area contributed by atoms with Crippen LogP contribution in [0.3, 0.4) is 0 Å². The number of nitrogens with one attached hydrogen (secondary N) is 1. The molecule has 144 valence electrons. The first kappa shape index (κ1) is 19.1. The molecular formula is C20H28N6O. The number of nitrogens with zero attached hydrogens (tertiary/aromatic N) is 5. The molecule has 0 spiro atoms. The van der Waals surface area contributed by atoms with E-state index in [1.165, 1.54) is 5.69 Å². The maximum atomic E-state index is 12.3. The first-order valence-corrected chi connectivity index (χ1v) is 9.44. The molecule has 1 aromatic carbocycles. The van der Waals surface area contributed by atoms with Gasteiger partial charge in [-0.3, -0.25) is 4.79 Å². The zero-order chi connectivity index (χ0) is 19.1. The zero-order valence-corrected chi connectivity index (χ0v) is 16.1. The molecule has 7 heteroatoms. The second kappa shape index (κ2) is 9.32. The van der Waals surface area contributed by atoms with E-state index >= 15 is 0 Å². The van der Waals surface area contributed by atoms with Gasteiger partial charge in [-0.1, -0.05) is 18.2 Å². The van der Waals surface area contributed by atoms with Gasteiger partial charge in [-0.2, -0.15) is 0 Å². The van der Waals surface area contributed by atoms with E-state index in [2.05, 4.69) is 54.2 Å². The van der Waals surface area contributed by atoms with Gasteiger partial charge < -0.3 is 20.0 Å². The number of para-hydroxylation sites is 1. The molecule has 2 aromatic rings. The maximum absolute atomic E-state index is 12.3. The number of anilines is 2. The van der Waals surface area contributed by atoms with Gasteiger partial charge >= 0.3 is 0 Å². The van der Waals surface area contributed by atoms with Crippen LogP contribution in [0.1, 0.15) is 16.9 Å². The summed E-state index contributed by atoms with van der Waals surface area (Å²) in [7, 11) is 4.05. The number of piperazine rings is 1. The molecule has 27 heavy (non-hydrogen) atoms. The molecule has 1 amide bonds. The van der Waals surface area contributed by atoms with Crippen molar-refractivity contribution in [1.29, 1.82) is 0 Å². The Balaban J connectivity index is 1.54. The second-order valence-corrected chi connectivity index (χ2v) is 6.96. The number of hydrogen-bond donors (Lipinski definition) is 1. The van der Waals surface area contributed by atoms with Crippen LogP contribution in [0, 0.1) is 0 Å². The van der Waals surface area contributed by atoms with E-state index in [4.69, 9.17) is 0 Å².